The van der Waals surface area contributed by atoms with Gasteiger partial charge in [-0.3, -0.25) is 9.59 Å². The molecule has 3 saturated heterocycles. The van der Waals surface area contributed by atoms with Gasteiger partial charge in [-0.25, -0.2) is 0 Å². The van der Waals surface area contributed by atoms with E-state index in [4.69, 9.17) is 4.74 Å². The lowest BCUT2D eigenvalue weighted by Gasteiger charge is -2.32. The van der Waals surface area contributed by atoms with Gasteiger partial charge in [0, 0.05) is 37.4 Å². The summed E-state index contributed by atoms with van der Waals surface area (Å²) in [5.41, 5.74) is 1.93. The third kappa shape index (κ3) is 4.18. The zero-order valence-corrected chi connectivity index (χ0v) is 16.9. The quantitative estimate of drug-likeness (QED) is 0.742. The van der Waals surface area contributed by atoms with Crippen LogP contribution in [0.3, 0.4) is 0 Å². The Morgan fingerprint density at radius 1 is 0.929 bits per heavy atom. The molecule has 2 bridgehead atoms. The van der Waals surface area contributed by atoms with Crippen molar-refractivity contribution in [2.24, 2.45) is 17.8 Å². The molecule has 5 nitrogen and oxygen atoms in total. The zero-order valence-electron chi connectivity index (χ0n) is 16.9. The fourth-order valence-corrected chi connectivity index (χ4v) is 5.09. The van der Waals surface area contributed by atoms with E-state index in [1.807, 2.05) is 19.1 Å². The van der Waals surface area contributed by atoms with Crippen LogP contribution in [0.15, 0.2) is 24.3 Å². The van der Waals surface area contributed by atoms with Crippen LogP contribution < -0.4 is 4.90 Å². The van der Waals surface area contributed by atoms with Gasteiger partial charge >= 0.3 is 5.97 Å². The molecule has 3 heterocycles. The Labute approximate surface area is 168 Å². The lowest BCUT2D eigenvalue weighted by molar-refractivity contribution is -0.148. The van der Waals surface area contributed by atoms with Gasteiger partial charge in [-0.05, 0) is 81.5 Å². The molecule has 1 aromatic rings. The van der Waals surface area contributed by atoms with E-state index in [2.05, 4.69) is 21.9 Å². The van der Waals surface area contributed by atoms with Crippen molar-refractivity contribution in [1.82, 2.24) is 4.90 Å². The van der Waals surface area contributed by atoms with E-state index in [0.29, 0.717) is 18.4 Å². The van der Waals surface area contributed by atoms with Gasteiger partial charge in [-0.15, -0.1) is 0 Å². The number of hydrogen-bond donors (Lipinski definition) is 0. The number of carbonyl (C=O) groups is 2. The highest BCUT2D eigenvalue weighted by Gasteiger charge is 2.32. The topological polar surface area (TPSA) is 49.9 Å². The van der Waals surface area contributed by atoms with E-state index in [1.54, 1.807) is 0 Å². The Kier molecular flexibility index (Phi) is 5.88. The average Bonchev–Trinajstić information content (AvgIpc) is 3.08. The summed E-state index contributed by atoms with van der Waals surface area (Å²) in [7, 11) is 0. The van der Waals surface area contributed by atoms with E-state index < -0.39 is 0 Å². The molecule has 1 saturated carbocycles. The van der Waals surface area contributed by atoms with Crippen molar-refractivity contribution < 1.29 is 14.3 Å². The number of nitrogens with zero attached hydrogens (tertiary/aromatic N) is 2. The molecule has 4 fully saturated rings. The molecule has 1 aromatic carbocycles. The van der Waals surface area contributed by atoms with Crippen LogP contribution in [0.5, 0.6) is 0 Å². The summed E-state index contributed by atoms with van der Waals surface area (Å²) in [6, 6.07) is 8.07. The van der Waals surface area contributed by atoms with E-state index in [-0.39, 0.29) is 17.8 Å². The molecule has 0 unspecified atom stereocenters. The first kappa shape index (κ1) is 19.3. The minimum absolute atomic E-state index is 0.0236. The maximum atomic E-state index is 13.0. The molecular weight excluding hydrogens is 352 g/mol. The molecule has 152 valence electrons. The van der Waals surface area contributed by atoms with E-state index >= 15 is 0 Å². The SMILES string of the molecule is CCOC(=O)C1CCN(c2ccc(C(=O)N3CC4CCC(CC4)C3)cc2)CC1. The minimum atomic E-state index is -0.0606. The zero-order chi connectivity index (χ0) is 19.5. The summed E-state index contributed by atoms with van der Waals surface area (Å²) in [6.07, 6.45) is 6.81. The molecular formula is C23H32N2O3. The third-order valence-electron chi connectivity index (χ3n) is 6.81. The number of piperidine rings is 1. The van der Waals surface area contributed by atoms with Gasteiger partial charge in [0.25, 0.3) is 5.91 Å². The molecule has 3 aliphatic heterocycles. The molecule has 4 aliphatic rings. The molecule has 1 amide bonds. The lowest BCUT2D eigenvalue weighted by atomic mass is 9.84. The van der Waals surface area contributed by atoms with Gasteiger partial charge < -0.3 is 14.5 Å². The number of esters is 1. The van der Waals surface area contributed by atoms with Crippen molar-refractivity contribution >= 4 is 17.6 Å². The molecule has 0 N–H and O–H groups in total. The predicted molar refractivity (Wildman–Crippen MR) is 109 cm³/mol. The van der Waals surface area contributed by atoms with Gasteiger partial charge in [0.2, 0.25) is 0 Å². The van der Waals surface area contributed by atoms with Crippen LogP contribution in [-0.4, -0.2) is 49.6 Å². The van der Waals surface area contributed by atoms with E-state index in [0.717, 1.165) is 50.3 Å². The molecule has 28 heavy (non-hydrogen) atoms. The lowest BCUT2D eigenvalue weighted by Crippen LogP contribution is -2.37. The highest BCUT2D eigenvalue weighted by atomic mass is 16.5. The number of hydrogen-bond acceptors (Lipinski definition) is 4. The first-order valence-electron chi connectivity index (χ1n) is 10.9. The number of rotatable bonds is 4. The van der Waals surface area contributed by atoms with Crippen molar-refractivity contribution in [2.75, 3.05) is 37.7 Å². The Balaban J connectivity index is 1.35. The van der Waals surface area contributed by atoms with Gasteiger partial charge in [-0.1, -0.05) is 0 Å². The van der Waals surface area contributed by atoms with E-state index in [9.17, 15) is 9.59 Å². The second-order valence-corrected chi connectivity index (χ2v) is 8.66. The van der Waals surface area contributed by atoms with Crippen LogP contribution in [0, 0.1) is 17.8 Å². The minimum Gasteiger partial charge on any atom is -0.466 e. The molecule has 5 rings (SSSR count). The summed E-state index contributed by atoms with van der Waals surface area (Å²) >= 11 is 0. The second-order valence-electron chi connectivity index (χ2n) is 8.66. The summed E-state index contributed by atoms with van der Waals surface area (Å²) in [4.78, 5) is 29.3. The molecule has 5 heteroatoms. The Hall–Kier alpha value is -2.04. The molecule has 1 aliphatic carbocycles. The monoisotopic (exact) mass is 384 g/mol. The molecule has 0 spiro atoms. The van der Waals surface area contributed by atoms with Crippen LogP contribution in [0.25, 0.3) is 0 Å². The highest BCUT2D eigenvalue weighted by molar-refractivity contribution is 5.94. The molecule has 0 radical (unpaired) electrons. The number of benzene rings is 1. The highest BCUT2D eigenvalue weighted by Crippen LogP contribution is 2.34. The fourth-order valence-electron chi connectivity index (χ4n) is 5.09. The van der Waals surface area contributed by atoms with Crippen LogP contribution in [0.2, 0.25) is 0 Å². The van der Waals surface area contributed by atoms with Crippen LogP contribution in [-0.2, 0) is 9.53 Å². The number of amides is 1. The standard InChI is InChI=1S/C23H32N2O3/c1-2-28-23(27)20-11-13-24(14-12-20)21-9-7-19(8-10-21)22(26)25-15-17-3-4-18(16-25)6-5-17/h7-10,17-18,20H,2-6,11-16H2,1H3. The van der Waals surface area contributed by atoms with Gasteiger partial charge in [0.05, 0.1) is 12.5 Å². The Morgan fingerprint density at radius 3 is 2.04 bits per heavy atom. The van der Waals surface area contributed by atoms with Crippen LogP contribution >= 0.6 is 0 Å². The van der Waals surface area contributed by atoms with Crippen LogP contribution in [0.4, 0.5) is 5.69 Å². The average molecular weight is 385 g/mol. The summed E-state index contributed by atoms with van der Waals surface area (Å²) in [5, 5.41) is 0. The maximum Gasteiger partial charge on any atom is 0.309 e. The first-order valence-corrected chi connectivity index (χ1v) is 10.9. The van der Waals surface area contributed by atoms with Crippen molar-refractivity contribution in [2.45, 2.75) is 45.4 Å². The predicted octanol–water partition coefficient (Wildman–Crippen LogP) is 3.73. The van der Waals surface area contributed by atoms with Crippen molar-refractivity contribution in [3.63, 3.8) is 0 Å². The Bertz CT molecular complexity index is 672. The first-order chi connectivity index (χ1) is 13.6. The third-order valence-corrected chi connectivity index (χ3v) is 6.81. The molecule has 0 atom stereocenters. The second kappa shape index (κ2) is 8.54. The fraction of sp³-hybridized carbons (Fsp3) is 0.652. The number of carbonyl (C=O) groups excluding carboxylic acids is 2. The van der Waals surface area contributed by atoms with Crippen molar-refractivity contribution in [1.29, 1.82) is 0 Å². The Morgan fingerprint density at radius 2 is 1.50 bits per heavy atom. The summed E-state index contributed by atoms with van der Waals surface area (Å²) in [6.45, 7) is 5.87. The van der Waals surface area contributed by atoms with Crippen molar-refractivity contribution in [3.8, 4) is 0 Å². The van der Waals surface area contributed by atoms with Gasteiger partial charge in [-0.2, -0.15) is 0 Å². The summed E-state index contributed by atoms with van der Waals surface area (Å²) in [5.74, 6) is 1.54. The van der Waals surface area contributed by atoms with Gasteiger partial charge in [0.1, 0.15) is 0 Å². The normalized spacial score (nSPS) is 25.5. The van der Waals surface area contributed by atoms with E-state index in [1.165, 1.54) is 25.7 Å². The van der Waals surface area contributed by atoms with Gasteiger partial charge in [0.15, 0.2) is 0 Å². The molecule has 0 aromatic heterocycles. The van der Waals surface area contributed by atoms with Crippen molar-refractivity contribution in [3.05, 3.63) is 29.8 Å². The van der Waals surface area contributed by atoms with Crippen LogP contribution in [0.1, 0.15) is 55.8 Å². The largest absolute Gasteiger partial charge is 0.466 e. The number of fused-ring (bicyclic) bond motifs is 4. The smallest absolute Gasteiger partial charge is 0.309 e. The number of anilines is 1. The summed E-state index contributed by atoms with van der Waals surface area (Å²) < 4.78 is 5.15. The number of ether oxygens (including phenoxy) is 1. The maximum absolute atomic E-state index is 13.0.